The lowest BCUT2D eigenvalue weighted by atomic mass is 10.2. The Balaban J connectivity index is 1.49. The summed E-state index contributed by atoms with van der Waals surface area (Å²) in [5.74, 6) is -0.431. The highest BCUT2D eigenvalue weighted by Crippen LogP contribution is 2.16. The van der Waals surface area contributed by atoms with Crippen LogP contribution in [-0.4, -0.2) is 52.2 Å². The molecule has 0 aliphatic carbocycles. The lowest BCUT2D eigenvalue weighted by Crippen LogP contribution is -2.52. The molecule has 8 heteroatoms. The number of benzene rings is 1. The van der Waals surface area contributed by atoms with Crippen LogP contribution in [-0.2, 0) is 6.54 Å². The van der Waals surface area contributed by atoms with Crippen molar-refractivity contribution in [2.75, 3.05) is 31.1 Å². The summed E-state index contributed by atoms with van der Waals surface area (Å²) in [7, 11) is 0. The maximum Gasteiger partial charge on any atom is 0.317 e. The van der Waals surface area contributed by atoms with Gasteiger partial charge in [-0.2, -0.15) is 0 Å². The second-order valence-corrected chi connectivity index (χ2v) is 5.47. The van der Waals surface area contributed by atoms with Gasteiger partial charge in [0.25, 0.3) is 0 Å². The molecule has 126 valence electrons. The zero-order valence-electron chi connectivity index (χ0n) is 13.0. The number of rotatable bonds is 3. The van der Waals surface area contributed by atoms with E-state index in [0.29, 0.717) is 37.7 Å². The maximum atomic E-state index is 13.3. The molecule has 1 aromatic carbocycles. The molecule has 7 nitrogen and oxygen atoms in total. The van der Waals surface area contributed by atoms with E-state index in [1.807, 2.05) is 4.90 Å². The third-order valence-corrected chi connectivity index (χ3v) is 3.86. The lowest BCUT2D eigenvalue weighted by Gasteiger charge is -2.34. The van der Waals surface area contributed by atoms with Crippen molar-refractivity contribution in [3.05, 3.63) is 48.0 Å². The number of hydrogen-bond acceptors (Lipinski definition) is 5. The predicted molar refractivity (Wildman–Crippen MR) is 86.1 cm³/mol. The lowest BCUT2D eigenvalue weighted by molar-refractivity contribution is 0.193. The van der Waals surface area contributed by atoms with E-state index in [1.54, 1.807) is 29.4 Å². The first kappa shape index (κ1) is 16.0. The van der Waals surface area contributed by atoms with Crippen LogP contribution in [0.1, 0.15) is 5.56 Å². The molecule has 2 N–H and O–H groups in total. The summed E-state index contributed by atoms with van der Waals surface area (Å²) in [6.45, 7) is 2.65. The predicted octanol–water partition coefficient (Wildman–Crippen LogP) is 1.35. The largest absolute Gasteiger partial charge is 0.505 e. The van der Waals surface area contributed by atoms with Gasteiger partial charge in [-0.3, -0.25) is 0 Å². The highest BCUT2D eigenvalue weighted by molar-refractivity contribution is 5.74. The molecule has 1 aromatic heterocycles. The van der Waals surface area contributed by atoms with E-state index in [2.05, 4.69) is 15.3 Å². The summed E-state index contributed by atoms with van der Waals surface area (Å²) in [4.78, 5) is 24.3. The summed E-state index contributed by atoms with van der Waals surface area (Å²) < 4.78 is 13.3. The molecule has 0 radical (unpaired) electrons. The van der Waals surface area contributed by atoms with Crippen LogP contribution in [0.2, 0.25) is 0 Å². The molecule has 24 heavy (non-hydrogen) atoms. The topological polar surface area (TPSA) is 81.6 Å². The molecule has 1 aliphatic rings. The van der Waals surface area contributed by atoms with E-state index in [1.165, 1.54) is 12.1 Å². The van der Waals surface area contributed by atoms with Gasteiger partial charge in [0.15, 0.2) is 11.6 Å². The van der Waals surface area contributed by atoms with Crippen LogP contribution in [0.15, 0.2) is 36.7 Å². The number of carbonyl (C=O) groups is 1. The van der Waals surface area contributed by atoms with E-state index in [4.69, 9.17) is 5.11 Å². The van der Waals surface area contributed by atoms with Crippen molar-refractivity contribution in [3.63, 3.8) is 0 Å². The van der Waals surface area contributed by atoms with Gasteiger partial charge < -0.3 is 20.2 Å². The monoisotopic (exact) mass is 331 g/mol. The minimum Gasteiger partial charge on any atom is -0.505 e. The zero-order chi connectivity index (χ0) is 16.9. The van der Waals surface area contributed by atoms with Crippen molar-refractivity contribution >= 4 is 12.0 Å². The van der Waals surface area contributed by atoms with Crippen molar-refractivity contribution in [2.24, 2.45) is 0 Å². The fraction of sp³-hybridized carbons (Fsp3) is 0.312. The van der Waals surface area contributed by atoms with Crippen molar-refractivity contribution in [2.45, 2.75) is 6.54 Å². The number of amides is 2. The molecule has 3 rings (SSSR count). The summed E-state index contributed by atoms with van der Waals surface area (Å²) in [5.41, 5.74) is 0.593. The standard InChI is InChI=1S/C16H18FN5O2/c17-13-10-12(2-3-14(13)23)11-20-16(24)22-8-6-21(7-9-22)15-18-4-1-5-19-15/h1-5,10,23H,6-9,11H2,(H,20,24). The van der Waals surface area contributed by atoms with Crippen LogP contribution in [0.4, 0.5) is 15.1 Å². The van der Waals surface area contributed by atoms with Crippen molar-refractivity contribution in [1.82, 2.24) is 20.2 Å². The first-order valence-electron chi connectivity index (χ1n) is 7.65. The van der Waals surface area contributed by atoms with Gasteiger partial charge in [0.05, 0.1) is 0 Å². The highest BCUT2D eigenvalue weighted by Gasteiger charge is 2.22. The molecule has 2 amide bonds. The van der Waals surface area contributed by atoms with Gasteiger partial charge >= 0.3 is 6.03 Å². The summed E-state index contributed by atoms with van der Waals surface area (Å²) in [6, 6.07) is 5.62. The Hall–Kier alpha value is -2.90. The number of aromatic hydroxyl groups is 1. The number of hydrogen-bond donors (Lipinski definition) is 2. The smallest absolute Gasteiger partial charge is 0.317 e. The van der Waals surface area contributed by atoms with Gasteiger partial charge in [0, 0.05) is 45.1 Å². The number of urea groups is 1. The molecule has 2 heterocycles. The first-order valence-corrected chi connectivity index (χ1v) is 7.65. The zero-order valence-corrected chi connectivity index (χ0v) is 13.0. The Morgan fingerprint density at radius 3 is 2.58 bits per heavy atom. The highest BCUT2D eigenvalue weighted by atomic mass is 19.1. The maximum absolute atomic E-state index is 13.3. The molecule has 0 unspecified atom stereocenters. The Labute approximate surface area is 138 Å². The minimum atomic E-state index is -0.696. The Morgan fingerprint density at radius 1 is 1.21 bits per heavy atom. The van der Waals surface area contributed by atoms with Gasteiger partial charge in [-0.05, 0) is 23.8 Å². The number of phenolic OH excluding ortho intramolecular Hbond substituents is 1. The van der Waals surface area contributed by atoms with Crippen LogP contribution in [0, 0.1) is 5.82 Å². The number of phenols is 1. The molecule has 0 saturated carbocycles. The van der Waals surface area contributed by atoms with E-state index in [-0.39, 0.29) is 12.6 Å². The van der Waals surface area contributed by atoms with E-state index >= 15 is 0 Å². The van der Waals surface area contributed by atoms with Gasteiger partial charge in [0.2, 0.25) is 5.95 Å². The fourth-order valence-electron chi connectivity index (χ4n) is 2.51. The SMILES string of the molecule is O=C(NCc1ccc(O)c(F)c1)N1CCN(c2ncccn2)CC1. The number of nitrogens with zero attached hydrogens (tertiary/aromatic N) is 4. The molecule has 0 bridgehead atoms. The molecular weight excluding hydrogens is 313 g/mol. The van der Waals surface area contributed by atoms with Gasteiger partial charge in [-0.25, -0.2) is 19.2 Å². The molecular formula is C16H18FN5O2. The summed E-state index contributed by atoms with van der Waals surface area (Å²) in [5, 5.41) is 11.9. The number of halogens is 1. The third kappa shape index (κ3) is 3.70. The van der Waals surface area contributed by atoms with Crippen LogP contribution in [0.25, 0.3) is 0 Å². The average Bonchev–Trinajstić information content (AvgIpc) is 2.63. The Morgan fingerprint density at radius 2 is 1.92 bits per heavy atom. The summed E-state index contributed by atoms with van der Waals surface area (Å²) >= 11 is 0. The van der Waals surface area contributed by atoms with Crippen LogP contribution in [0.5, 0.6) is 5.75 Å². The number of piperazine rings is 1. The van der Waals surface area contributed by atoms with Crippen molar-refractivity contribution in [3.8, 4) is 5.75 Å². The second-order valence-electron chi connectivity index (χ2n) is 5.47. The number of carbonyl (C=O) groups excluding carboxylic acids is 1. The molecule has 1 saturated heterocycles. The molecule has 0 spiro atoms. The number of aromatic nitrogens is 2. The first-order chi connectivity index (χ1) is 11.6. The Bertz CT molecular complexity index is 705. The molecule has 0 atom stereocenters. The number of anilines is 1. The molecule has 1 aliphatic heterocycles. The fourth-order valence-corrected chi connectivity index (χ4v) is 2.51. The normalized spacial score (nSPS) is 14.5. The van der Waals surface area contributed by atoms with E-state index in [9.17, 15) is 9.18 Å². The van der Waals surface area contributed by atoms with E-state index < -0.39 is 11.6 Å². The Kier molecular flexibility index (Phi) is 4.74. The second kappa shape index (κ2) is 7.12. The van der Waals surface area contributed by atoms with Crippen LogP contribution >= 0.6 is 0 Å². The van der Waals surface area contributed by atoms with Gasteiger partial charge in [-0.15, -0.1) is 0 Å². The van der Waals surface area contributed by atoms with Crippen molar-refractivity contribution in [1.29, 1.82) is 0 Å². The van der Waals surface area contributed by atoms with Gasteiger partial charge in [0.1, 0.15) is 0 Å². The van der Waals surface area contributed by atoms with Gasteiger partial charge in [-0.1, -0.05) is 6.07 Å². The quantitative estimate of drug-likeness (QED) is 0.887. The van der Waals surface area contributed by atoms with Crippen molar-refractivity contribution < 1.29 is 14.3 Å². The van der Waals surface area contributed by atoms with Crippen LogP contribution in [0.3, 0.4) is 0 Å². The minimum absolute atomic E-state index is 0.197. The molecule has 2 aromatic rings. The molecule has 1 fully saturated rings. The van der Waals surface area contributed by atoms with E-state index in [0.717, 1.165) is 0 Å². The number of nitrogens with one attached hydrogen (secondary N) is 1. The van der Waals surface area contributed by atoms with Crippen LogP contribution < -0.4 is 10.2 Å². The average molecular weight is 331 g/mol. The third-order valence-electron chi connectivity index (χ3n) is 3.86. The summed E-state index contributed by atoms with van der Waals surface area (Å²) in [6.07, 6.45) is 3.39.